The molecule has 0 amide bonds. The average Bonchev–Trinajstić information content (AvgIpc) is 2.16. The summed E-state index contributed by atoms with van der Waals surface area (Å²) in [6.07, 6.45) is 11.0. The third kappa shape index (κ3) is 1.76. The average molecular weight is 160 g/mol. The van der Waals surface area contributed by atoms with E-state index in [9.17, 15) is 0 Å². The van der Waals surface area contributed by atoms with Gasteiger partial charge in [0.1, 0.15) is 0 Å². The van der Waals surface area contributed by atoms with Gasteiger partial charge in [0.05, 0.1) is 0 Å². The molecular formula is C12H16. The number of hydrogen-bond donors (Lipinski definition) is 0. The second-order valence-corrected chi connectivity index (χ2v) is 3.03. The zero-order chi connectivity index (χ0) is 8.97. The molecule has 0 saturated heterocycles. The maximum atomic E-state index is 3.81. The second kappa shape index (κ2) is 4.10. The van der Waals surface area contributed by atoms with E-state index in [2.05, 4.69) is 38.7 Å². The highest BCUT2D eigenvalue weighted by molar-refractivity contribution is 5.51. The van der Waals surface area contributed by atoms with E-state index in [4.69, 9.17) is 0 Å². The van der Waals surface area contributed by atoms with Gasteiger partial charge in [0.2, 0.25) is 0 Å². The molecule has 0 heteroatoms. The molecule has 0 spiro atoms. The Morgan fingerprint density at radius 3 is 2.67 bits per heavy atom. The molecule has 0 saturated carbocycles. The van der Waals surface area contributed by atoms with Gasteiger partial charge in [-0.15, -0.1) is 0 Å². The SMILES string of the molecule is C=CC1=CCCC=C1/C(C)=C\C. The van der Waals surface area contributed by atoms with Crippen LogP contribution in [0.3, 0.4) is 0 Å². The summed E-state index contributed by atoms with van der Waals surface area (Å²) < 4.78 is 0. The van der Waals surface area contributed by atoms with Crippen LogP contribution in [0.1, 0.15) is 26.7 Å². The second-order valence-electron chi connectivity index (χ2n) is 3.03. The summed E-state index contributed by atoms with van der Waals surface area (Å²) in [5.41, 5.74) is 4.00. The van der Waals surface area contributed by atoms with Crippen LogP contribution in [-0.4, -0.2) is 0 Å². The van der Waals surface area contributed by atoms with E-state index in [1.807, 2.05) is 6.08 Å². The molecule has 0 fully saturated rings. The van der Waals surface area contributed by atoms with E-state index in [1.165, 1.54) is 16.7 Å². The molecule has 0 aromatic rings. The third-order valence-corrected chi connectivity index (χ3v) is 2.27. The molecule has 0 aliphatic heterocycles. The molecule has 1 aliphatic rings. The first kappa shape index (κ1) is 9.05. The molecule has 0 N–H and O–H groups in total. The maximum absolute atomic E-state index is 3.81. The van der Waals surface area contributed by atoms with Gasteiger partial charge in [0.15, 0.2) is 0 Å². The Bertz CT molecular complexity index is 262. The van der Waals surface area contributed by atoms with Gasteiger partial charge in [-0.05, 0) is 43.4 Å². The lowest BCUT2D eigenvalue weighted by Crippen LogP contribution is -1.93. The molecule has 1 aliphatic carbocycles. The van der Waals surface area contributed by atoms with E-state index in [0.717, 1.165) is 12.8 Å². The van der Waals surface area contributed by atoms with E-state index in [0.29, 0.717) is 0 Å². The van der Waals surface area contributed by atoms with Crippen LogP contribution < -0.4 is 0 Å². The molecule has 0 nitrogen and oxygen atoms in total. The van der Waals surface area contributed by atoms with Crippen molar-refractivity contribution in [3.8, 4) is 0 Å². The summed E-state index contributed by atoms with van der Waals surface area (Å²) in [6.45, 7) is 8.04. The molecule has 0 bridgehead atoms. The van der Waals surface area contributed by atoms with Gasteiger partial charge in [-0.25, -0.2) is 0 Å². The topological polar surface area (TPSA) is 0 Å². The first-order valence-corrected chi connectivity index (χ1v) is 4.46. The van der Waals surface area contributed by atoms with Gasteiger partial charge in [-0.1, -0.05) is 30.9 Å². The quantitative estimate of drug-likeness (QED) is 0.576. The van der Waals surface area contributed by atoms with Crippen LogP contribution in [0, 0.1) is 0 Å². The Morgan fingerprint density at radius 1 is 1.42 bits per heavy atom. The van der Waals surface area contributed by atoms with Gasteiger partial charge in [0.25, 0.3) is 0 Å². The summed E-state index contributed by atoms with van der Waals surface area (Å²) in [5, 5.41) is 0. The Balaban J connectivity index is 2.95. The van der Waals surface area contributed by atoms with E-state index >= 15 is 0 Å². The third-order valence-electron chi connectivity index (χ3n) is 2.27. The van der Waals surface area contributed by atoms with E-state index in [-0.39, 0.29) is 0 Å². The minimum absolute atomic E-state index is 1.15. The van der Waals surface area contributed by atoms with Crippen molar-refractivity contribution in [1.82, 2.24) is 0 Å². The van der Waals surface area contributed by atoms with E-state index < -0.39 is 0 Å². The van der Waals surface area contributed by atoms with Crippen molar-refractivity contribution in [2.45, 2.75) is 26.7 Å². The van der Waals surface area contributed by atoms with Crippen molar-refractivity contribution < 1.29 is 0 Å². The Labute approximate surface area is 75.0 Å². The molecular weight excluding hydrogens is 144 g/mol. The van der Waals surface area contributed by atoms with Crippen LogP contribution in [0.5, 0.6) is 0 Å². The van der Waals surface area contributed by atoms with E-state index in [1.54, 1.807) is 0 Å². The summed E-state index contributed by atoms with van der Waals surface area (Å²) in [4.78, 5) is 0. The lowest BCUT2D eigenvalue weighted by Gasteiger charge is -2.13. The Kier molecular flexibility index (Phi) is 3.09. The number of rotatable bonds is 2. The van der Waals surface area contributed by atoms with Crippen LogP contribution in [0.2, 0.25) is 0 Å². The Hall–Kier alpha value is -1.04. The van der Waals surface area contributed by atoms with Crippen molar-refractivity contribution in [3.05, 3.63) is 47.6 Å². The summed E-state index contributed by atoms with van der Waals surface area (Å²) in [6, 6.07) is 0. The lowest BCUT2D eigenvalue weighted by molar-refractivity contribution is 1.00. The molecule has 0 atom stereocenters. The fraction of sp³-hybridized carbons (Fsp3) is 0.333. The molecule has 12 heavy (non-hydrogen) atoms. The van der Waals surface area contributed by atoms with Gasteiger partial charge >= 0.3 is 0 Å². The fourth-order valence-corrected chi connectivity index (χ4v) is 1.43. The maximum Gasteiger partial charge on any atom is -0.0201 e. The minimum Gasteiger partial charge on any atom is -0.0985 e. The standard InChI is InChI=1S/C12H16/c1-4-10(3)12-9-7-6-8-11(12)5-2/h4-5,8-9H,2,6-7H2,1,3H3/b10-4-. The van der Waals surface area contributed by atoms with Crippen molar-refractivity contribution in [2.24, 2.45) is 0 Å². The monoisotopic (exact) mass is 160 g/mol. The smallest absolute Gasteiger partial charge is 0.0201 e. The van der Waals surface area contributed by atoms with Crippen LogP contribution in [-0.2, 0) is 0 Å². The van der Waals surface area contributed by atoms with Crippen molar-refractivity contribution in [2.75, 3.05) is 0 Å². The minimum atomic E-state index is 1.15. The normalized spacial score (nSPS) is 18.3. The van der Waals surface area contributed by atoms with Gasteiger partial charge in [-0.3, -0.25) is 0 Å². The predicted octanol–water partition coefficient (Wildman–Crippen LogP) is 3.79. The predicted molar refractivity (Wildman–Crippen MR) is 55.0 cm³/mol. The van der Waals surface area contributed by atoms with Crippen LogP contribution in [0.15, 0.2) is 47.6 Å². The Morgan fingerprint density at radius 2 is 2.08 bits per heavy atom. The molecule has 0 aromatic heterocycles. The van der Waals surface area contributed by atoms with Gasteiger partial charge in [-0.2, -0.15) is 0 Å². The molecule has 1 rings (SSSR count). The van der Waals surface area contributed by atoms with Crippen LogP contribution >= 0.6 is 0 Å². The van der Waals surface area contributed by atoms with Crippen molar-refractivity contribution in [1.29, 1.82) is 0 Å². The first-order valence-electron chi connectivity index (χ1n) is 4.46. The summed E-state index contributed by atoms with van der Waals surface area (Å²) in [5.74, 6) is 0. The highest BCUT2D eigenvalue weighted by Crippen LogP contribution is 2.25. The molecule has 0 unspecified atom stereocenters. The first-order chi connectivity index (χ1) is 5.79. The largest absolute Gasteiger partial charge is 0.0985 e. The number of hydrogen-bond acceptors (Lipinski definition) is 0. The molecule has 0 radical (unpaired) electrons. The molecule has 0 aromatic carbocycles. The zero-order valence-corrected chi connectivity index (χ0v) is 7.93. The van der Waals surface area contributed by atoms with Gasteiger partial charge < -0.3 is 0 Å². The summed E-state index contributed by atoms with van der Waals surface area (Å²) >= 11 is 0. The fourth-order valence-electron chi connectivity index (χ4n) is 1.43. The molecule has 0 heterocycles. The zero-order valence-electron chi connectivity index (χ0n) is 7.93. The van der Waals surface area contributed by atoms with Gasteiger partial charge in [0, 0.05) is 0 Å². The van der Waals surface area contributed by atoms with Crippen LogP contribution in [0.25, 0.3) is 0 Å². The van der Waals surface area contributed by atoms with Crippen molar-refractivity contribution >= 4 is 0 Å². The summed E-state index contributed by atoms with van der Waals surface area (Å²) in [7, 11) is 0. The highest BCUT2D eigenvalue weighted by atomic mass is 14.1. The van der Waals surface area contributed by atoms with Crippen molar-refractivity contribution in [3.63, 3.8) is 0 Å². The van der Waals surface area contributed by atoms with Crippen LogP contribution in [0.4, 0.5) is 0 Å². The molecule has 64 valence electrons. The highest BCUT2D eigenvalue weighted by Gasteiger charge is 2.05. The number of allylic oxidation sites excluding steroid dienone is 7. The lowest BCUT2D eigenvalue weighted by atomic mass is 9.92.